The zero-order chi connectivity index (χ0) is 18.4. The van der Waals surface area contributed by atoms with Gasteiger partial charge in [-0.2, -0.15) is 0 Å². The highest BCUT2D eigenvalue weighted by molar-refractivity contribution is 5.81. The average Bonchev–Trinajstić information content (AvgIpc) is 2.58. The normalized spacial score (nSPS) is 12.5. The summed E-state index contributed by atoms with van der Waals surface area (Å²) >= 11 is 0. The molecule has 0 spiro atoms. The Hall–Kier alpha value is -2.29. The van der Waals surface area contributed by atoms with Crippen molar-refractivity contribution in [1.82, 2.24) is 5.32 Å². The van der Waals surface area contributed by atoms with Crippen molar-refractivity contribution in [1.29, 1.82) is 0 Å². The van der Waals surface area contributed by atoms with Crippen molar-refractivity contribution in [3.63, 3.8) is 0 Å². The van der Waals surface area contributed by atoms with Crippen LogP contribution in [0.3, 0.4) is 0 Å². The van der Waals surface area contributed by atoms with Crippen LogP contribution in [0, 0.1) is 6.92 Å². The van der Waals surface area contributed by atoms with Crippen LogP contribution in [0.1, 0.15) is 50.8 Å². The Morgan fingerprint density at radius 3 is 2.16 bits per heavy atom. The number of nitrogens with one attached hydrogen (secondary N) is 1. The summed E-state index contributed by atoms with van der Waals surface area (Å²) in [6.45, 7) is 11.1. The lowest BCUT2D eigenvalue weighted by molar-refractivity contribution is -0.128. The minimum atomic E-state index is -0.481. The van der Waals surface area contributed by atoms with E-state index in [9.17, 15) is 4.79 Å². The Morgan fingerprint density at radius 2 is 1.64 bits per heavy atom. The second-order valence-electron chi connectivity index (χ2n) is 7.49. The molecule has 0 aliphatic rings. The summed E-state index contributed by atoms with van der Waals surface area (Å²) < 4.78 is 5.89. The van der Waals surface area contributed by atoms with Gasteiger partial charge in [0.05, 0.1) is 0 Å². The number of ether oxygens (including phenoxy) is 1. The molecule has 134 valence electrons. The third-order valence-corrected chi connectivity index (χ3v) is 4.25. The van der Waals surface area contributed by atoms with Crippen molar-refractivity contribution < 1.29 is 9.53 Å². The number of benzene rings is 2. The molecular weight excluding hydrogens is 310 g/mol. The van der Waals surface area contributed by atoms with Crippen molar-refractivity contribution in [2.75, 3.05) is 0 Å². The van der Waals surface area contributed by atoms with E-state index in [0.29, 0.717) is 13.0 Å². The van der Waals surface area contributed by atoms with E-state index in [1.54, 1.807) is 0 Å². The van der Waals surface area contributed by atoms with Gasteiger partial charge in [-0.05, 0) is 42.0 Å². The predicted octanol–water partition coefficient (Wildman–Crippen LogP) is 4.77. The maximum absolute atomic E-state index is 12.4. The van der Waals surface area contributed by atoms with Crippen LogP contribution >= 0.6 is 0 Å². The number of amides is 1. The van der Waals surface area contributed by atoms with E-state index in [4.69, 9.17) is 4.74 Å². The van der Waals surface area contributed by atoms with Crippen LogP contribution in [0.25, 0.3) is 0 Å². The largest absolute Gasteiger partial charge is 0.481 e. The number of carbonyl (C=O) groups excluding carboxylic acids is 1. The van der Waals surface area contributed by atoms with Gasteiger partial charge in [-0.25, -0.2) is 0 Å². The second kappa shape index (κ2) is 8.19. The van der Waals surface area contributed by atoms with Crippen LogP contribution in [-0.2, 0) is 16.8 Å². The summed E-state index contributed by atoms with van der Waals surface area (Å²) in [5, 5.41) is 2.96. The number of rotatable bonds is 6. The summed E-state index contributed by atoms with van der Waals surface area (Å²) in [5.41, 5.74) is 3.65. The number of carbonyl (C=O) groups is 1. The summed E-state index contributed by atoms with van der Waals surface area (Å²) in [4.78, 5) is 12.4. The third kappa shape index (κ3) is 5.63. The summed E-state index contributed by atoms with van der Waals surface area (Å²) in [5.74, 6) is 0.647. The molecule has 1 atom stereocenters. The van der Waals surface area contributed by atoms with Crippen LogP contribution in [0.5, 0.6) is 5.75 Å². The van der Waals surface area contributed by atoms with Crippen LogP contribution in [0.15, 0.2) is 48.5 Å². The smallest absolute Gasteiger partial charge is 0.261 e. The van der Waals surface area contributed by atoms with Gasteiger partial charge in [0.2, 0.25) is 0 Å². The fourth-order valence-electron chi connectivity index (χ4n) is 2.53. The molecule has 0 bridgehead atoms. The van der Waals surface area contributed by atoms with Crippen molar-refractivity contribution in [3.8, 4) is 5.75 Å². The minimum absolute atomic E-state index is 0.0806. The Balaban J connectivity index is 1.94. The number of hydrogen-bond donors (Lipinski definition) is 1. The monoisotopic (exact) mass is 339 g/mol. The molecule has 0 saturated heterocycles. The van der Waals surface area contributed by atoms with Crippen molar-refractivity contribution in [2.24, 2.45) is 0 Å². The summed E-state index contributed by atoms with van der Waals surface area (Å²) in [7, 11) is 0. The number of hydrogen-bond acceptors (Lipinski definition) is 2. The molecule has 1 amide bonds. The maximum atomic E-state index is 12.4. The molecule has 2 aromatic carbocycles. The molecule has 0 heterocycles. The van der Waals surface area contributed by atoms with Gasteiger partial charge in [-0.15, -0.1) is 0 Å². The molecule has 1 N–H and O–H groups in total. The number of aryl methyl sites for hydroxylation is 1. The lowest BCUT2D eigenvalue weighted by Crippen LogP contribution is -2.37. The Morgan fingerprint density at radius 1 is 1.04 bits per heavy atom. The molecule has 2 aromatic rings. The molecule has 0 fully saturated rings. The molecule has 0 saturated carbocycles. The second-order valence-corrected chi connectivity index (χ2v) is 7.49. The Kier molecular flexibility index (Phi) is 6.24. The fourth-order valence-corrected chi connectivity index (χ4v) is 2.53. The fraction of sp³-hybridized carbons (Fsp3) is 0.409. The predicted molar refractivity (Wildman–Crippen MR) is 103 cm³/mol. The van der Waals surface area contributed by atoms with Crippen molar-refractivity contribution >= 4 is 5.91 Å². The molecule has 0 aliphatic heterocycles. The first-order chi connectivity index (χ1) is 11.8. The Bertz CT molecular complexity index is 681. The molecule has 0 aromatic heterocycles. The highest BCUT2D eigenvalue weighted by atomic mass is 16.5. The van der Waals surface area contributed by atoms with Gasteiger partial charge in [-0.1, -0.05) is 69.7 Å². The molecular formula is C22H29NO2. The van der Waals surface area contributed by atoms with Crippen LogP contribution in [0.4, 0.5) is 0 Å². The first-order valence-electron chi connectivity index (χ1n) is 8.90. The highest BCUT2D eigenvalue weighted by Crippen LogP contribution is 2.24. The van der Waals surface area contributed by atoms with Crippen LogP contribution in [-0.4, -0.2) is 12.0 Å². The third-order valence-electron chi connectivity index (χ3n) is 4.25. The molecule has 2 rings (SSSR count). The standard InChI is InChI=1S/C22H29NO2/c1-6-20(21(24)23-15-17-9-7-16(2)8-10-17)25-19-13-11-18(12-14-19)22(3,4)5/h7-14,20H,6,15H2,1-5H3,(H,23,24)/t20-/m0/s1. The Labute approximate surface area is 151 Å². The van der Waals surface area contributed by atoms with E-state index < -0.39 is 6.10 Å². The van der Waals surface area contributed by atoms with E-state index in [0.717, 1.165) is 11.3 Å². The lowest BCUT2D eigenvalue weighted by Gasteiger charge is -2.21. The SMILES string of the molecule is CC[C@H](Oc1ccc(C(C)(C)C)cc1)C(=O)NCc1ccc(C)cc1. The quantitative estimate of drug-likeness (QED) is 0.823. The molecule has 0 unspecified atom stereocenters. The van der Waals surface area contributed by atoms with Gasteiger partial charge in [0.15, 0.2) is 6.10 Å². The minimum Gasteiger partial charge on any atom is -0.481 e. The first-order valence-corrected chi connectivity index (χ1v) is 8.90. The van der Waals surface area contributed by atoms with Crippen molar-refractivity contribution in [2.45, 2.75) is 59.1 Å². The van der Waals surface area contributed by atoms with E-state index >= 15 is 0 Å². The van der Waals surface area contributed by atoms with E-state index in [2.05, 4.69) is 38.2 Å². The first kappa shape index (κ1) is 19.0. The highest BCUT2D eigenvalue weighted by Gasteiger charge is 2.19. The topological polar surface area (TPSA) is 38.3 Å². The van der Waals surface area contributed by atoms with Gasteiger partial charge in [0.25, 0.3) is 5.91 Å². The van der Waals surface area contributed by atoms with Crippen LogP contribution < -0.4 is 10.1 Å². The molecule has 0 aliphatic carbocycles. The zero-order valence-corrected chi connectivity index (χ0v) is 15.9. The van der Waals surface area contributed by atoms with Crippen LogP contribution in [0.2, 0.25) is 0 Å². The summed E-state index contributed by atoms with van der Waals surface area (Å²) in [6.07, 6.45) is 0.145. The lowest BCUT2D eigenvalue weighted by atomic mass is 9.87. The average molecular weight is 339 g/mol. The van der Waals surface area contributed by atoms with Gasteiger partial charge in [0, 0.05) is 6.54 Å². The van der Waals surface area contributed by atoms with Gasteiger partial charge >= 0.3 is 0 Å². The molecule has 3 heteroatoms. The van der Waals surface area contributed by atoms with Gasteiger partial charge in [-0.3, -0.25) is 4.79 Å². The van der Waals surface area contributed by atoms with Gasteiger partial charge in [0.1, 0.15) is 5.75 Å². The molecule has 3 nitrogen and oxygen atoms in total. The van der Waals surface area contributed by atoms with E-state index in [-0.39, 0.29) is 11.3 Å². The molecule has 0 radical (unpaired) electrons. The van der Waals surface area contributed by atoms with Gasteiger partial charge < -0.3 is 10.1 Å². The maximum Gasteiger partial charge on any atom is 0.261 e. The van der Waals surface area contributed by atoms with E-state index in [1.807, 2.05) is 50.2 Å². The molecule has 25 heavy (non-hydrogen) atoms. The zero-order valence-electron chi connectivity index (χ0n) is 15.9. The summed E-state index contributed by atoms with van der Waals surface area (Å²) in [6, 6.07) is 16.2. The van der Waals surface area contributed by atoms with Crippen molar-refractivity contribution in [3.05, 3.63) is 65.2 Å². The van der Waals surface area contributed by atoms with E-state index in [1.165, 1.54) is 11.1 Å².